The zero-order valence-electron chi connectivity index (χ0n) is 16.7. The normalized spacial score (nSPS) is 10.6. The first-order valence-corrected chi connectivity index (χ1v) is 10.4. The number of anilines is 1. The van der Waals surface area contributed by atoms with E-state index in [1.807, 2.05) is 72.4 Å². The van der Waals surface area contributed by atoms with E-state index in [1.54, 1.807) is 12.5 Å². The number of thioether (sulfide) groups is 1. The van der Waals surface area contributed by atoms with E-state index in [4.69, 9.17) is 5.84 Å². The van der Waals surface area contributed by atoms with E-state index >= 15 is 0 Å². The Morgan fingerprint density at radius 1 is 1.23 bits per heavy atom. The topological polar surface area (TPSA) is 115 Å². The smallest absolute Gasteiger partial charge is 0.291 e. The maximum Gasteiger partial charge on any atom is 0.291 e. The minimum atomic E-state index is -0.577. The Hall–Kier alpha value is -4.03. The highest BCUT2D eigenvalue weighted by Gasteiger charge is 2.18. The molecule has 31 heavy (non-hydrogen) atoms. The molecular weight excluding hydrogens is 410 g/mol. The molecule has 0 aliphatic heterocycles. The number of rotatable bonds is 6. The largest absolute Gasteiger partial charge is 0.388 e. The van der Waals surface area contributed by atoms with Crippen LogP contribution in [0.15, 0.2) is 77.2 Å². The third-order valence-electron chi connectivity index (χ3n) is 4.70. The number of hydrogen-bond donors (Lipinski definition) is 2. The predicted molar refractivity (Wildman–Crippen MR) is 121 cm³/mol. The summed E-state index contributed by atoms with van der Waals surface area (Å²) in [5.41, 5.74) is 3.18. The molecule has 9 heteroatoms. The van der Waals surface area contributed by atoms with Gasteiger partial charge in [-0.2, -0.15) is 5.26 Å². The first-order valence-electron chi connectivity index (χ1n) is 9.41. The van der Waals surface area contributed by atoms with Crippen molar-refractivity contribution in [1.29, 1.82) is 5.26 Å². The van der Waals surface area contributed by atoms with Crippen molar-refractivity contribution < 1.29 is 0 Å². The molecule has 0 aliphatic rings. The van der Waals surface area contributed by atoms with Crippen molar-refractivity contribution in [3.05, 3.63) is 88.7 Å². The summed E-state index contributed by atoms with van der Waals surface area (Å²) < 4.78 is 2.78. The van der Waals surface area contributed by atoms with Crippen LogP contribution in [-0.4, -0.2) is 26.3 Å². The molecule has 4 aromatic rings. The Kier molecular flexibility index (Phi) is 5.73. The predicted octanol–water partition coefficient (Wildman–Crippen LogP) is 3.02. The zero-order valence-corrected chi connectivity index (χ0v) is 17.5. The van der Waals surface area contributed by atoms with Gasteiger partial charge in [-0.1, -0.05) is 36.0 Å². The van der Waals surface area contributed by atoms with Crippen LogP contribution in [0, 0.1) is 11.3 Å². The quantitative estimate of drug-likeness (QED) is 0.275. The van der Waals surface area contributed by atoms with Crippen LogP contribution in [0.2, 0.25) is 0 Å². The van der Waals surface area contributed by atoms with Crippen LogP contribution in [-0.2, 0) is 5.75 Å². The molecule has 154 valence electrons. The third kappa shape index (κ3) is 4.15. The van der Waals surface area contributed by atoms with E-state index in [2.05, 4.69) is 15.3 Å². The molecule has 2 heterocycles. The molecule has 0 amide bonds. The van der Waals surface area contributed by atoms with Crippen molar-refractivity contribution in [1.82, 2.24) is 19.2 Å². The lowest BCUT2D eigenvalue weighted by Gasteiger charge is -2.12. The van der Waals surface area contributed by atoms with Gasteiger partial charge < -0.3 is 15.7 Å². The average Bonchev–Trinajstić information content (AvgIpc) is 3.35. The van der Waals surface area contributed by atoms with Gasteiger partial charge in [0.15, 0.2) is 5.16 Å². The fraction of sp³-hybridized carbons (Fsp3) is 0.0909. The van der Waals surface area contributed by atoms with E-state index in [0.29, 0.717) is 22.2 Å². The second-order valence-corrected chi connectivity index (χ2v) is 7.61. The summed E-state index contributed by atoms with van der Waals surface area (Å²) in [4.78, 5) is 21.4. The lowest BCUT2D eigenvalue weighted by molar-refractivity contribution is 0.757. The molecule has 0 atom stereocenters. The standard InChI is InChI=1S/C22H19N7OS/c1-25-17-6-2-4-15(10-17)13-31-22-27-20(19(12-23)21(30)29(22)24)16-5-3-7-18(11-16)28-9-8-26-14-28/h2-11,14,25H,13,24H2,1H3. The van der Waals surface area contributed by atoms with E-state index in [1.165, 1.54) is 11.8 Å². The number of nitriles is 1. The van der Waals surface area contributed by atoms with Gasteiger partial charge in [0.2, 0.25) is 0 Å². The second-order valence-electron chi connectivity index (χ2n) is 6.66. The number of nitrogens with two attached hydrogens (primary N) is 1. The van der Waals surface area contributed by atoms with Gasteiger partial charge in [-0.3, -0.25) is 4.79 Å². The average molecular weight is 430 g/mol. The Morgan fingerprint density at radius 2 is 2.06 bits per heavy atom. The lowest BCUT2D eigenvalue weighted by atomic mass is 10.1. The second kappa shape index (κ2) is 8.77. The van der Waals surface area contributed by atoms with Gasteiger partial charge in [-0.05, 0) is 29.8 Å². The molecule has 2 aromatic heterocycles. The summed E-state index contributed by atoms with van der Waals surface area (Å²) in [5.74, 6) is 6.55. The van der Waals surface area contributed by atoms with E-state index < -0.39 is 5.56 Å². The molecule has 8 nitrogen and oxygen atoms in total. The van der Waals surface area contributed by atoms with E-state index in [-0.39, 0.29) is 5.56 Å². The minimum absolute atomic E-state index is 0.0909. The highest BCUT2D eigenvalue weighted by molar-refractivity contribution is 7.98. The molecule has 0 bridgehead atoms. The van der Waals surface area contributed by atoms with Crippen molar-refractivity contribution in [2.45, 2.75) is 10.9 Å². The SMILES string of the molecule is CNc1cccc(CSc2nc(-c3cccc(-n4ccnc4)c3)c(C#N)c(=O)n2N)c1. The van der Waals surface area contributed by atoms with Gasteiger partial charge in [0.1, 0.15) is 11.6 Å². The number of nitrogens with one attached hydrogen (secondary N) is 1. The molecule has 0 aliphatic carbocycles. The van der Waals surface area contributed by atoms with Gasteiger partial charge in [0.05, 0.1) is 12.0 Å². The molecule has 3 N–H and O–H groups in total. The zero-order chi connectivity index (χ0) is 21.8. The van der Waals surface area contributed by atoms with E-state index in [0.717, 1.165) is 21.6 Å². The molecule has 0 unspecified atom stereocenters. The van der Waals surface area contributed by atoms with Crippen molar-refractivity contribution in [2.24, 2.45) is 0 Å². The summed E-state index contributed by atoms with van der Waals surface area (Å²) in [6.07, 6.45) is 5.17. The van der Waals surface area contributed by atoms with Crippen LogP contribution in [0.25, 0.3) is 16.9 Å². The summed E-state index contributed by atoms with van der Waals surface area (Å²) in [6.45, 7) is 0. The molecular formula is C22H19N7OS. The first kappa shape index (κ1) is 20.3. The fourth-order valence-corrected chi connectivity index (χ4v) is 3.97. The van der Waals surface area contributed by atoms with Crippen molar-refractivity contribution in [3.63, 3.8) is 0 Å². The van der Waals surface area contributed by atoms with Crippen molar-refractivity contribution in [3.8, 4) is 23.0 Å². The highest BCUT2D eigenvalue weighted by Crippen LogP contribution is 2.26. The van der Waals surface area contributed by atoms with Crippen molar-refractivity contribution in [2.75, 3.05) is 18.2 Å². The maximum atomic E-state index is 12.8. The van der Waals surface area contributed by atoms with Crippen LogP contribution in [0.3, 0.4) is 0 Å². The number of aromatic nitrogens is 4. The molecule has 0 saturated heterocycles. The number of hydrogen-bond acceptors (Lipinski definition) is 7. The third-order valence-corrected chi connectivity index (χ3v) is 5.72. The Bertz CT molecular complexity index is 1320. The van der Waals surface area contributed by atoms with Crippen LogP contribution in [0.1, 0.15) is 11.1 Å². The van der Waals surface area contributed by atoms with Gasteiger partial charge >= 0.3 is 0 Å². The lowest BCUT2D eigenvalue weighted by Crippen LogP contribution is -2.32. The monoisotopic (exact) mass is 429 g/mol. The number of nitrogen functional groups attached to an aromatic ring is 1. The summed E-state index contributed by atoms with van der Waals surface area (Å²) in [7, 11) is 1.86. The van der Waals surface area contributed by atoms with Gasteiger partial charge in [0.25, 0.3) is 5.56 Å². The number of imidazole rings is 1. The summed E-state index contributed by atoms with van der Waals surface area (Å²) >= 11 is 1.34. The first-order chi connectivity index (χ1) is 15.1. The number of nitrogens with zero attached hydrogens (tertiary/aromatic N) is 5. The van der Waals surface area contributed by atoms with Crippen LogP contribution in [0.5, 0.6) is 0 Å². The summed E-state index contributed by atoms with van der Waals surface area (Å²) in [5, 5.41) is 13.0. The molecule has 2 aromatic carbocycles. The molecule has 0 spiro atoms. The minimum Gasteiger partial charge on any atom is -0.388 e. The van der Waals surface area contributed by atoms with Crippen LogP contribution >= 0.6 is 11.8 Å². The van der Waals surface area contributed by atoms with Gasteiger partial charge in [-0.15, -0.1) is 0 Å². The number of benzene rings is 2. The van der Waals surface area contributed by atoms with Crippen molar-refractivity contribution >= 4 is 17.4 Å². The Labute approximate surface area is 183 Å². The summed E-state index contributed by atoms with van der Waals surface area (Å²) in [6, 6.07) is 17.3. The van der Waals surface area contributed by atoms with Gasteiger partial charge in [0, 0.05) is 42.1 Å². The Morgan fingerprint density at radius 3 is 2.81 bits per heavy atom. The molecule has 0 radical (unpaired) electrons. The molecule has 0 fully saturated rings. The van der Waals surface area contributed by atoms with E-state index in [9.17, 15) is 10.1 Å². The van der Waals surface area contributed by atoms with Crippen LogP contribution in [0.4, 0.5) is 5.69 Å². The molecule has 0 saturated carbocycles. The Balaban J connectivity index is 1.73. The maximum absolute atomic E-state index is 12.8. The highest BCUT2D eigenvalue weighted by atomic mass is 32.2. The fourth-order valence-electron chi connectivity index (χ4n) is 3.12. The van der Waals surface area contributed by atoms with Gasteiger partial charge in [-0.25, -0.2) is 14.6 Å². The molecule has 4 rings (SSSR count). The van der Waals surface area contributed by atoms with Crippen LogP contribution < -0.4 is 16.7 Å².